The van der Waals surface area contributed by atoms with Crippen LogP contribution in [0, 0.1) is 0 Å². The van der Waals surface area contributed by atoms with Crippen LogP contribution in [0.1, 0.15) is 49.4 Å². The van der Waals surface area contributed by atoms with Crippen molar-refractivity contribution in [3.8, 4) is 5.75 Å². The van der Waals surface area contributed by atoms with E-state index in [0.717, 1.165) is 10.4 Å². The molecule has 0 heterocycles. The summed E-state index contributed by atoms with van der Waals surface area (Å²) >= 11 is 0. The average Bonchev–Trinajstić information content (AvgIpc) is 2.81. The van der Waals surface area contributed by atoms with Gasteiger partial charge in [0.25, 0.3) is 0 Å². The number of hydrogen-bond acceptors (Lipinski definition) is 5. The molecule has 1 N–H and O–H groups in total. The molecular formula is C24H29F3N2O5S. The number of alkyl halides is 3. The predicted octanol–water partition coefficient (Wildman–Crippen LogP) is 4.71. The number of ether oxygens (including phenoxy) is 1. The minimum absolute atomic E-state index is 0.185. The second-order valence-electron chi connectivity index (χ2n) is 8.32. The van der Waals surface area contributed by atoms with E-state index in [-0.39, 0.29) is 5.69 Å². The molecule has 0 amide bonds. The van der Waals surface area contributed by atoms with Crippen LogP contribution in [-0.4, -0.2) is 50.5 Å². The normalized spacial score (nSPS) is 16.1. The first-order valence-electron chi connectivity index (χ1n) is 11.3. The summed E-state index contributed by atoms with van der Waals surface area (Å²) in [5.41, 5.74) is 0.522. The van der Waals surface area contributed by atoms with Gasteiger partial charge < -0.3 is 14.7 Å². The zero-order valence-electron chi connectivity index (χ0n) is 19.8. The molecule has 1 aliphatic rings. The molecule has 0 saturated carbocycles. The molecule has 7 nitrogen and oxygen atoms in total. The molecule has 0 radical (unpaired) electrons. The minimum Gasteiger partial charge on any atom is -0.482 e. The molecule has 0 fully saturated rings. The number of rotatable bonds is 9. The molecule has 0 unspecified atom stereocenters. The van der Waals surface area contributed by atoms with Crippen LogP contribution in [0.5, 0.6) is 5.75 Å². The highest BCUT2D eigenvalue weighted by molar-refractivity contribution is 7.89. The van der Waals surface area contributed by atoms with Gasteiger partial charge in [-0.25, -0.2) is 13.2 Å². The Balaban J connectivity index is 2.05. The largest absolute Gasteiger partial charge is 0.482 e. The lowest BCUT2D eigenvalue weighted by Gasteiger charge is -2.33. The van der Waals surface area contributed by atoms with Crippen molar-refractivity contribution in [3.63, 3.8) is 0 Å². The molecule has 0 saturated heterocycles. The number of anilines is 1. The second kappa shape index (κ2) is 10.4. The topological polar surface area (TPSA) is 87.2 Å². The van der Waals surface area contributed by atoms with E-state index in [9.17, 15) is 26.4 Å². The average molecular weight is 515 g/mol. The minimum atomic E-state index is -4.71. The smallest absolute Gasteiger partial charge is 0.416 e. The molecule has 35 heavy (non-hydrogen) atoms. The predicted molar refractivity (Wildman–Crippen MR) is 125 cm³/mol. The molecule has 2 aromatic rings. The molecule has 3 rings (SSSR count). The molecular weight excluding hydrogens is 485 g/mol. The summed E-state index contributed by atoms with van der Waals surface area (Å²) in [7, 11) is -2.95. The number of carboxylic acids is 1. The number of carbonyl (C=O) groups is 1. The second-order valence-corrected chi connectivity index (χ2v) is 10.3. The van der Waals surface area contributed by atoms with E-state index in [4.69, 9.17) is 9.84 Å². The highest BCUT2D eigenvalue weighted by Gasteiger charge is 2.37. The first-order valence-corrected chi connectivity index (χ1v) is 12.8. The van der Waals surface area contributed by atoms with E-state index in [1.807, 2.05) is 0 Å². The SMILES string of the molecule is CCN(CC)c1cc(C(F)(F)F)cc(S(=O)(=O)N(C)[C@@H]2CCCc3c(OCC(=O)O)cccc32)c1. The van der Waals surface area contributed by atoms with Gasteiger partial charge in [0.1, 0.15) is 5.75 Å². The lowest BCUT2D eigenvalue weighted by molar-refractivity contribution is -0.139. The van der Waals surface area contributed by atoms with Crippen LogP contribution >= 0.6 is 0 Å². The van der Waals surface area contributed by atoms with Gasteiger partial charge in [0.2, 0.25) is 10.0 Å². The van der Waals surface area contributed by atoms with Crippen LogP contribution in [0.15, 0.2) is 41.3 Å². The fourth-order valence-corrected chi connectivity index (χ4v) is 5.88. The van der Waals surface area contributed by atoms with Crippen molar-refractivity contribution in [1.29, 1.82) is 0 Å². The summed E-state index contributed by atoms with van der Waals surface area (Å²) in [5, 5.41) is 8.93. The maximum absolute atomic E-state index is 13.7. The highest BCUT2D eigenvalue weighted by atomic mass is 32.2. The van der Waals surface area contributed by atoms with Gasteiger partial charge in [0.15, 0.2) is 6.61 Å². The zero-order valence-corrected chi connectivity index (χ0v) is 20.6. The van der Waals surface area contributed by atoms with Crippen LogP contribution in [0.3, 0.4) is 0 Å². The Morgan fingerprint density at radius 3 is 2.46 bits per heavy atom. The summed E-state index contributed by atoms with van der Waals surface area (Å²) in [4.78, 5) is 12.2. The molecule has 192 valence electrons. The van der Waals surface area contributed by atoms with Gasteiger partial charge in [0.05, 0.1) is 16.5 Å². The van der Waals surface area contributed by atoms with Crippen molar-refractivity contribution in [1.82, 2.24) is 4.31 Å². The van der Waals surface area contributed by atoms with Gasteiger partial charge in [-0.15, -0.1) is 0 Å². The molecule has 1 atom stereocenters. The van der Waals surface area contributed by atoms with Crippen molar-refractivity contribution in [2.45, 2.75) is 50.2 Å². The number of aliphatic carboxylic acids is 1. The van der Waals surface area contributed by atoms with Crippen molar-refractivity contribution < 1.29 is 36.2 Å². The van der Waals surface area contributed by atoms with E-state index < -0.39 is 45.3 Å². The molecule has 0 bridgehead atoms. The third-order valence-corrected chi connectivity index (χ3v) is 8.09. The van der Waals surface area contributed by atoms with Crippen LogP contribution in [0.4, 0.5) is 18.9 Å². The monoisotopic (exact) mass is 514 g/mol. The van der Waals surface area contributed by atoms with E-state index in [1.165, 1.54) is 13.1 Å². The molecule has 0 spiro atoms. The van der Waals surface area contributed by atoms with Crippen molar-refractivity contribution in [3.05, 3.63) is 53.1 Å². The fourth-order valence-electron chi connectivity index (χ4n) is 4.44. The quantitative estimate of drug-likeness (QED) is 0.522. The third kappa shape index (κ3) is 5.72. The highest BCUT2D eigenvalue weighted by Crippen LogP contribution is 2.41. The first-order chi connectivity index (χ1) is 16.4. The van der Waals surface area contributed by atoms with Crippen molar-refractivity contribution >= 4 is 21.7 Å². The van der Waals surface area contributed by atoms with Gasteiger partial charge in [-0.3, -0.25) is 0 Å². The molecule has 0 aliphatic heterocycles. The summed E-state index contributed by atoms with van der Waals surface area (Å²) < 4.78 is 74.7. The van der Waals surface area contributed by atoms with Crippen LogP contribution in [0.2, 0.25) is 0 Å². The Bertz CT molecular complexity index is 1180. The molecule has 1 aliphatic carbocycles. The Kier molecular flexibility index (Phi) is 8.00. The van der Waals surface area contributed by atoms with E-state index >= 15 is 0 Å². The standard InChI is InChI=1S/C24H29F3N2O5S/c1-4-29(5-2)17-12-16(24(25,26)27)13-18(14-17)35(32,33)28(3)21-10-6-9-20-19(21)8-7-11-22(20)34-15-23(30)31/h7-8,11-14,21H,4-6,9-10,15H2,1-3H3,(H,30,31)/t21-/m1/s1. The Morgan fingerprint density at radius 1 is 1.17 bits per heavy atom. The van der Waals surface area contributed by atoms with Gasteiger partial charge >= 0.3 is 12.1 Å². The van der Waals surface area contributed by atoms with E-state index in [0.29, 0.717) is 55.3 Å². The summed E-state index contributed by atoms with van der Waals surface area (Å²) in [6.45, 7) is 3.87. The van der Waals surface area contributed by atoms with Gasteiger partial charge in [-0.2, -0.15) is 17.5 Å². The van der Waals surface area contributed by atoms with Crippen molar-refractivity contribution in [2.75, 3.05) is 31.6 Å². The Hall–Kier alpha value is -2.79. The number of halogens is 3. The molecule has 11 heteroatoms. The third-order valence-electron chi connectivity index (χ3n) is 6.25. The Morgan fingerprint density at radius 2 is 1.86 bits per heavy atom. The first kappa shape index (κ1) is 26.8. The van der Waals surface area contributed by atoms with Crippen LogP contribution < -0.4 is 9.64 Å². The zero-order chi connectivity index (χ0) is 26.0. The lowest BCUT2D eigenvalue weighted by atomic mass is 9.87. The molecule has 0 aromatic heterocycles. The number of hydrogen-bond donors (Lipinski definition) is 1. The number of nitrogens with zero attached hydrogens (tertiary/aromatic N) is 2. The number of carboxylic acid groups (broad SMARTS) is 1. The summed E-state index contributed by atoms with van der Waals surface area (Å²) in [6, 6.07) is 7.31. The summed E-state index contributed by atoms with van der Waals surface area (Å²) in [5.74, 6) is -0.772. The van der Waals surface area contributed by atoms with Gasteiger partial charge in [-0.05, 0) is 68.5 Å². The van der Waals surface area contributed by atoms with E-state index in [2.05, 4.69) is 0 Å². The lowest BCUT2D eigenvalue weighted by Crippen LogP contribution is -2.34. The maximum atomic E-state index is 13.7. The van der Waals surface area contributed by atoms with Gasteiger partial charge in [-0.1, -0.05) is 12.1 Å². The fraction of sp³-hybridized carbons (Fsp3) is 0.458. The maximum Gasteiger partial charge on any atom is 0.416 e. The van der Waals surface area contributed by atoms with Gasteiger partial charge in [0, 0.05) is 25.8 Å². The Labute approximate surface area is 203 Å². The van der Waals surface area contributed by atoms with Crippen LogP contribution in [-0.2, 0) is 27.4 Å². The van der Waals surface area contributed by atoms with Crippen LogP contribution in [0.25, 0.3) is 0 Å². The number of benzene rings is 2. The summed E-state index contributed by atoms with van der Waals surface area (Å²) in [6.07, 6.45) is -3.06. The van der Waals surface area contributed by atoms with Crippen molar-refractivity contribution in [2.24, 2.45) is 0 Å². The number of fused-ring (bicyclic) bond motifs is 1. The van der Waals surface area contributed by atoms with E-state index in [1.54, 1.807) is 36.9 Å². The molecule has 2 aromatic carbocycles. The number of sulfonamides is 1.